The summed E-state index contributed by atoms with van der Waals surface area (Å²) in [6.07, 6.45) is 0. The van der Waals surface area contributed by atoms with E-state index in [-0.39, 0.29) is 17.3 Å². The van der Waals surface area contributed by atoms with E-state index in [0.717, 1.165) is 46.3 Å². The molecule has 0 aromatic heterocycles. The first-order valence-corrected chi connectivity index (χ1v) is 11.9. The lowest BCUT2D eigenvalue weighted by molar-refractivity contribution is -0.130. The number of anilines is 1. The van der Waals surface area contributed by atoms with Crippen LogP contribution in [0.25, 0.3) is 0 Å². The Hall–Kier alpha value is -1.94. The minimum Gasteiger partial charge on any atom is -0.378 e. The maximum absolute atomic E-state index is 12.7. The summed E-state index contributed by atoms with van der Waals surface area (Å²) in [6.45, 7) is 3.40. The molecule has 1 aliphatic rings. The average Bonchev–Trinajstić information content (AvgIpc) is 2.75. The smallest absolute Gasteiger partial charge is 0.243 e. The third-order valence-corrected chi connectivity index (χ3v) is 7.38. The third kappa shape index (κ3) is 5.60. The quantitative estimate of drug-likeness (QED) is 0.590. The second kappa shape index (κ2) is 9.91. The summed E-state index contributed by atoms with van der Waals surface area (Å²) in [5, 5.41) is 0. The zero-order valence-electron chi connectivity index (χ0n) is 17.1. The van der Waals surface area contributed by atoms with Crippen molar-refractivity contribution >= 4 is 37.5 Å². The molecule has 162 valence electrons. The molecule has 0 saturated carbocycles. The molecule has 0 atom stereocenters. The van der Waals surface area contributed by atoms with Crippen LogP contribution in [0, 0.1) is 0 Å². The fourth-order valence-electron chi connectivity index (χ4n) is 3.18. The number of likely N-dealkylation sites (N-methyl/N-ethyl adjacent to an activating group) is 2. The van der Waals surface area contributed by atoms with E-state index in [4.69, 9.17) is 4.74 Å². The number of sulfonamides is 1. The molecule has 0 bridgehead atoms. The van der Waals surface area contributed by atoms with Crippen LogP contribution >= 0.6 is 15.9 Å². The van der Waals surface area contributed by atoms with E-state index < -0.39 is 10.0 Å². The Morgan fingerprint density at radius 1 is 1.03 bits per heavy atom. The molecule has 0 N–H and O–H groups in total. The Balaban J connectivity index is 1.58. The van der Waals surface area contributed by atoms with E-state index >= 15 is 0 Å². The van der Waals surface area contributed by atoms with Crippen molar-refractivity contribution in [1.82, 2.24) is 9.21 Å². The molecule has 1 heterocycles. The first-order chi connectivity index (χ1) is 14.3. The molecule has 3 rings (SSSR count). The highest BCUT2D eigenvalue weighted by atomic mass is 79.9. The molecule has 0 radical (unpaired) electrons. The van der Waals surface area contributed by atoms with E-state index in [9.17, 15) is 13.2 Å². The van der Waals surface area contributed by atoms with Gasteiger partial charge in [-0.2, -0.15) is 4.31 Å². The number of rotatable bonds is 7. The van der Waals surface area contributed by atoms with Gasteiger partial charge < -0.3 is 14.5 Å². The number of benzene rings is 2. The van der Waals surface area contributed by atoms with Crippen molar-refractivity contribution in [2.45, 2.75) is 11.4 Å². The van der Waals surface area contributed by atoms with Crippen LogP contribution in [0.2, 0.25) is 0 Å². The molecule has 1 fully saturated rings. The lowest BCUT2D eigenvalue weighted by atomic mass is 10.1. The molecular weight excluding hydrogens is 470 g/mol. The minimum absolute atomic E-state index is 0.155. The Kier molecular flexibility index (Phi) is 7.51. The molecule has 2 aromatic rings. The van der Waals surface area contributed by atoms with Crippen LogP contribution in [-0.2, 0) is 26.1 Å². The normalized spacial score (nSPS) is 14.7. The molecule has 1 aliphatic heterocycles. The highest BCUT2D eigenvalue weighted by molar-refractivity contribution is 9.10. The van der Waals surface area contributed by atoms with Gasteiger partial charge in [-0.05, 0) is 42.0 Å². The number of hydrogen-bond donors (Lipinski definition) is 0. The molecule has 0 aliphatic carbocycles. The van der Waals surface area contributed by atoms with Crippen molar-refractivity contribution < 1.29 is 17.9 Å². The van der Waals surface area contributed by atoms with Crippen molar-refractivity contribution in [3.8, 4) is 0 Å². The summed E-state index contributed by atoms with van der Waals surface area (Å²) in [5.74, 6) is -0.268. The largest absolute Gasteiger partial charge is 0.378 e. The average molecular weight is 496 g/mol. The van der Waals surface area contributed by atoms with Gasteiger partial charge in [-0.1, -0.05) is 28.1 Å². The fraction of sp³-hybridized carbons (Fsp3) is 0.381. The number of amides is 1. The first-order valence-electron chi connectivity index (χ1n) is 9.65. The summed E-state index contributed by atoms with van der Waals surface area (Å²) in [7, 11) is -0.630. The lowest BCUT2D eigenvalue weighted by Gasteiger charge is -2.29. The van der Waals surface area contributed by atoms with Crippen LogP contribution in [0.15, 0.2) is 57.9 Å². The van der Waals surface area contributed by atoms with Crippen molar-refractivity contribution in [2.75, 3.05) is 51.8 Å². The minimum atomic E-state index is -3.73. The van der Waals surface area contributed by atoms with Crippen LogP contribution in [0.1, 0.15) is 5.56 Å². The molecule has 1 amide bonds. The Morgan fingerprint density at radius 2 is 1.63 bits per heavy atom. The number of ether oxygens (including phenoxy) is 1. The number of carbonyl (C=O) groups excluding carboxylic acids is 1. The predicted molar refractivity (Wildman–Crippen MR) is 120 cm³/mol. The molecular formula is C21H26BrN3O4S. The van der Waals surface area contributed by atoms with Gasteiger partial charge in [0.15, 0.2) is 0 Å². The van der Waals surface area contributed by atoms with Gasteiger partial charge in [-0.15, -0.1) is 0 Å². The highest BCUT2D eigenvalue weighted by Gasteiger charge is 2.24. The number of halogens is 1. The number of carbonyl (C=O) groups is 1. The standard InChI is InChI=1S/C21H26BrN3O4S/c1-23(15-17-3-7-19(8-4-17)25-11-13-29-14-12-25)21(26)16-24(2)30(27,28)20-9-5-18(22)6-10-20/h3-10H,11-16H2,1-2H3. The second-order valence-electron chi connectivity index (χ2n) is 7.23. The van der Waals surface area contributed by atoms with E-state index in [0.29, 0.717) is 6.54 Å². The SMILES string of the molecule is CN(Cc1ccc(N2CCOCC2)cc1)C(=O)CN(C)S(=O)(=O)c1ccc(Br)cc1. The fourth-order valence-corrected chi connectivity index (χ4v) is 4.56. The Bertz CT molecular complexity index is 959. The third-order valence-electron chi connectivity index (χ3n) is 5.04. The van der Waals surface area contributed by atoms with Crippen molar-refractivity contribution in [2.24, 2.45) is 0 Å². The van der Waals surface area contributed by atoms with E-state index in [1.165, 1.54) is 24.1 Å². The molecule has 0 unspecified atom stereocenters. The predicted octanol–water partition coefficient (Wildman–Crippen LogP) is 2.56. The molecule has 2 aromatic carbocycles. The van der Waals surface area contributed by atoms with Gasteiger partial charge in [0.2, 0.25) is 15.9 Å². The highest BCUT2D eigenvalue weighted by Crippen LogP contribution is 2.19. The summed E-state index contributed by atoms with van der Waals surface area (Å²) in [4.78, 5) is 16.6. The van der Waals surface area contributed by atoms with Crippen molar-refractivity contribution in [3.05, 3.63) is 58.6 Å². The van der Waals surface area contributed by atoms with Crippen LogP contribution in [0.5, 0.6) is 0 Å². The lowest BCUT2D eigenvalue weighted by Crippen LogP contribution is -2.39. The first kappa shape index (κ1) is 22.7. The number of morpholine rings is 1. The van der Waals surface area contributed by atoms with Gasteiger partial charge in [0.25, 0.3) is 0 Å². The summed E-state index contributed by atoms with van der Waals surface area (Å²) < 4.78 is 32.6. The summed E-state index contributed by atoms with van der Waals surface area (Å²) >= 11 is 3.29. The van der Waals surface area contributed by atoms with Crippen molar-refractivity contribution in [1.29, 1.82) is 0 Å². The van der Waals surface area contributed by atoms with E-state index in [1.54, 1.807) is 19.2 Å². The summed E-state index contributed by atoms with van der Waals surface area (Å²) in [6, 6.07) is 14.4. The number of hydrogen-bond acceptors (Lipinski definition) is 5. The number of nitrogens with zero attached hydrogens (tertiary/aromatic N) is 3. The van der Waals surface area contributed by atoms with Gasteiger partial charge in [-0.25, -0.2) is 8.42 Å². The second-order valence-corrected chi connectivity index (χ2v) is 10.2. The molecule has 30 heavy (non-hydrogen) atoms. The van der Waals surface area contributed by atoms with Crippen LogP contribution in [-0.4, -0.2) is 70.5 Å². The maximum Gasteiger partial charge on any atom is 0.243 e. The van der Waals surface area contributed by atoms with Gasteiger partial charge >= 0.3 is 0 Å². The van der Waals surface area contributed by atoms with Gasteiger partial charge in [0.05, 0.1) is 24.7 Å². The van der Waals surface area contributed by atoms with Crippen LogP contribution in [0.4, 0.5) is 5.69 Å². The molecule has 0 spiro atoms. The summed E-state index contributed by atoms with van der Waals surface area (Å²) in [5.41, 5.74) is 2.12. The van der Waals surface area contributed by atoms with E-state index in [1.807, 2.05) is 24.3 Å². The molecule has 9 heteroatoms. The zero-order valence-corrected chi connectivity index (χ0v) is 19.5. The Labute approximate surface area is 186 Å². The van der Waals surface area contributed by atoms with Crippen molar-refractivity contribution in [3.63, 3.8) is 0 Å². The topological polar surface area (TPSA) is 70.2 Å². The monoisotopic (exact) mass is 495 g/mol. The van der Waals surface area contributed by atoms with E-state index in [2.05, 4.69) is 20.8 Å². The zero-order chi connectivity index (χ0) is 21.7. The molecule has 1 saturated heterocycles. The van der Waals surface area contributed by atoms with Crippen LogP contribution in [0.3, 0.4) is 0 Å². The maximum atomic E-state index is 12.7. The van der Waals surface area contributed by atoms with Crippen LogP contribution < -0.4 is 4.90 Å². The Morgan fingerprint density at radius 3 is 2.23 bits per heavy atom. The molecule has 7 nitrogen and oxygen atoms in total. The van der Waals surface area contributed by atoms with Gasteiger partial charge in [0.1, 0.15) is 0 Å². The van der Waals surface area contributed by atoms with Gasteiger partial charge in [0, 0.05) is 43.9 Å². The van der Waals surface area contributed by atoms with Gasteiger partial charge in [-0.3, -0.25) is 4.79 Å².